The van der Waals surface area contributed by atoms with E-state index in [9.17, 15) is 28.9 Å². The molecular weight excluding hydrogens is 904 g/mol. The molecule has 0 saturated carbocycles. The number of allylic oxidation sites excluding steroid dienone is 8. The Bertz CT molecular complexity index is 1360. The summed E-state index contributed by atoms with van der Waals surface area (Å²) in [5, 5.41) is 9.78. The van der Waals surface area contributed by atoms with Gasteiger partial charge in [-0.1, -0.05) is 198 Å². The van der Waals surface area contributed by atoms with Gasteiger partial charge in [0.15, 0.2) is 6.10 Å². The lowest BCUT2D eigenvalue weighted by atomic mass is 10.1. The van der Waals surface area contributed by atoms with Crippen LogP contribution in [0.3, 0.4) is 0 Å². The SMILES string of the molecule is CCCC/C=C\CCCCCCCC(=O)OC(CO)COP(=O)(O)OCC(COC(=O)CCCCCCC/C=C\CCCCCCCC)OC(=O)CCCCCCCCC/C=C\C/C=C\CCCCC. The molecule has 0 fully saturated rings. The highest BCUT2D eigenvalue weighted by Gasteiger charge is 2.28. The summed E-state index contributed by atoms with van der Waals surface area (Å²) >= 11 is 0. The minimum atomic E-state index is -4.75. The van der Waals surface area contributed by atoms with Crippen molar-refractivity contribution < 1.29 is 52.2 Å². The molecule has 0 amide bonds. The van der Waals surface area contributed by atoms with Gasteiger partial charge in [-0.2, -0.15) is 0 Å². The highest BCUT2D eigenvalue weighted by Crippen LogP contribution is 2.43. The maximum Gasteiger partial charge on any atom is 0.472 e. The smallest absolute Gasteiger partial charge is 0.462 e. The molecule has 408 valence electrons. The summed E-state index contributed by atoms with van der Waals surface area (Å²) in [6.07, 6.45) is 55.0. The molecule has 11 nitrogen and oxygen atoms in total. The fourth-order valence-corrected chi connectivity index (χ4v) is 8.56. The molecule has 3 atom stereocenters. The van der Waals surface area contributed by atoms with Crippen LogP contribution >= 0.6 is 7.82 Å². The van der Waals surface area contributed by atoms with E-state index in [-0.39, 0.29) is 25.9 Å². The van der Waals surface area contributed by atoms with Gasteiger partial charge in [0.1, 0.15) is 12.7 Å². The van der Waals surface area contributed by atoms with E-state index in [1.54, 1.807) is 0 Å². The van der Waals surface area contributed by atoms with Crippen molar-refractivity contribution in [2.45, 2.75) is 277 Å². The van der Waals surface area contributed by atoms with Crippen LogP contribution in [0.15, 0.2) is 48.6 Å². The van der Waals surface area contributed by atoms with Crippen molar-refractivity contribution in [2.24, 2.45) is 0 Å². The van der Waals surface area contributed by atoms with Crippen LogP contribution in [-0.4, -0.2) is 66.5 Å². The van der Waals surface area contributed by atoms with Gasteiger partial charge >= 0.3 is 25.7 Å². The van der Waals surface area contributed by atoms with Gasteiger partial charge in [0, 0.05) is 19.3 Å². The van der Waals surface area contributed by atoms with E-state index >= 15 is 0 Å². The molecule has 0 aromatic carbocycles. The molecule has 70 heavy (non-hydrogen) atoms. The summed E-state index contributed by atoms with van der Waals surface area (Å²) in [5.41, 5.74) is 0. The first-order valence-corrected chi connectivity index (χ1v) is 30.0. The second-order valence-electron chi connectivity index (χ2n) is 19.1. The molecule has 3 unspecified atom stereocenters. The van der Waals surface area contributed by atoms with Gasteiger partial charge in [-0.05, 0) is 96.3 Å². The van der Waals surface area contributed by atoms with E-state index in [1.807, 2.05) is 0 Å². The molecule has 0 aliphatic carbocycles. The zero-order chi connectivity index (χ0) is 51.3. The van der Waals surface area contributed by atoms with Crippen molar-refractivity contribution in [1.82, 2.24) is 0 Å². The average Bonchev–Trinajstić information content (AvgIpc) is 3.35. The number of hydrogen-bond donors (Lipinski definition) is 2. The number of aliphatic hydroxyl groups excluding tert-OH is 1. The molecule has 0 aliphatic rings. The van der Waals surface area contributed by atoms with Gasteiger partial charge in [-0.3, -0.25) is 23.4 Å². The van der Waals surface area contributed by atoms with Gasteiger partial charge in [0.05, 0.1) is 19.8 Å². The zero-order valence-corrected chi connectivity index (χ0v) is 45.9. The van der Waals surface area contributed by atoms with Crippen molar-refractivity contribution in [3.05, 3.63) is 48.6 Å². The number of carbonyl (C=O) groups is 3. The van der Waals surface area contributed by atoms with Crippen LogP contribution in [0.2, 0.25) is 0 Å². The van der Waals surface area contributed by atoms with Gasteiger partial charge < -0.3 is 24.2 Å². The normalized spacial score (nSPS) is 13.7. The molecule has 0 radical (unpaired) electrons. The fraction of sp³-hybridized carbons (Fsp3) is 0.810. The summed E-state index contributed by atoms with van der Waals surface area (Å²) < 4.78 is 39.5. The fourth-order valence-electron chi connectivity index (χ4n) is 7.77. The lowest BCUT2D eigenvalue weighted by Gasteiger charge is -2.21. The standard InChI is InChI=1S/C58H105O11P/c1-4-7-10-13-16-19-22-24-26-27-29-31-34-37-40-43-46-49-58(62)69-55(51-65-56(60)47-44-41-38-35-33-30-28-25-23-20-17-14-11-8-5-2)53-67-70(63,64)66-52-54(50-59)68-57(61)48-45-42-39-36-32-21-18-15-12-9-6-3/h15-16,18-19,24-26,28,54-55,59H,4-14,17,20-23,27,29-53H2,1-3H3,(H,63,64)/b18-15-,19-16-,26-24-,28-25-. The molecular formula is C58H105O11P. The van der Waals surface area contributed by atoms with Crippen molar-refractivity contribution >= 4 is 25.7 Å². The van der Waals surface area contributed by atoms with E-state index in [0.29, 0.717) is 19.3 Å². The molecule has 12 heteroatoms. The van der Waals surface area contributed by atoms with E-state index in [2.05, 4.69) is 69.4 Å². The predicted molar refractivity (Wildman–Crippen MR) is 289 cm³/mol. The predicted octanol–water partition coefficient (Wildman–Crippen LogP) is 16.6. The molecule has 0 aromatic heterocycles. The average molecular weight is 1010 g/mol. The zero-order valence-electron chi connectivity index (χ0n) is 45.0. The van der Waals surface area contributed by atoms with Gasteiger partial charge in [0.25, 0.3) is 0 Å². The number of hydrogen-bond acceptors (Lipinski definition) is 10. The minimum Gasteiger partial charge on any atom is -0.462 e. The molecule has 0 bridgehead atoms. The second kappa shape index (κ2) is 52.8. The number of unbranched alkanes of at least 4 members (excludes halogenated alkanes) is 28. The lowest BCUT2D eigenvalue weighted by Crippen LogP contribution is -2.30. The molecule has 0 spiro atoms. The first kappa shape index (κ1) is 67.4. The maximum atomic E-state index is 12.9. The van der Waals surface area contributed by atoms with Crippen LogP contribution in [0.5, 0.6) is 0 Å². The Labute approximate surface area is 428 Å². The number of rotatable bonds is 53. The van der Waals surface area contributed by atoms with Crippen LogP contribution in [0.25, 0.3) is 0 Å². The van der Waals surface area contributed by atoms with Crippen LogP contribution in [0.4, 0.5) is 0 Å². The summed E-state index contributed by atoms with van der Waals surface area (Å²) in [5.74, 6) is -1.48. The third-order valence-corrected chi connectivity index (χ3v) is 13.1. The van der Waals surface area contributed by atoms with Crippen LogP contribution in [0, 0.1) is 0 Å². The largest absolute Gasteiger partial charge is 0.472 e. The molecule has 0 saturated heterocycles. The third-order valence-electron chi connectivity index (χ3n) is 12.2. The number of ether oxygens (including phenoxy) is 3. The minimum absolute atomic E-state index is 0.158. The highest BCUT2D eigenvalue weighted by molar-refractivity contribution is 7.47. The Morgan fingerprint density at radius 3 is 1.14 bits per heavy atom. The summed E-state index contributed by atoms with van der Waals surface area (Å²) in [4.78, 5) is 48.4. The Morgan fingerprint density at radius 1 is 0.400 bits per heavy atom. The Morgan fingerprint density at radius 2 is 0.714 bits per heavy atom. The number of phosphoric acid groups is 1. The highest BCUT2D eigenvalue weighted by atomic mass is 31.2. The first-order valence-electron chi connectivity index (χ1n) is 28.5. The number of carbonyl (C=O) groups excluding carboxylic acids is 3. The third kappa shape index (κ3) is 50.4. The summed E-state index contributed by atoms with van der Waals surface area (Å²) in [6, 6.07) is 0. The molecule has 0 aliphatic heterocycles. The summed E-state index contributed by atoms with van der Waals surface area (Å²) in [6.45, 7) is 4.56. The van der Waals surface area contributed by atoms with E-state index < -0.39 is 57.8 Å². The number of phosphoric ester groups is 1. The molecule has 2 N–H and O–H groups in total. The van der Waals surface area contributed by atoms with Gasteiger partial charge in [0.2, 0.25) is 0 Å². The quantitative estimate of drug-likeness (QED) is 0.0197. The maximum absolute atomic E-state index is 12.9. The van der Waals surface area contributed by atoms with Gasteiger partial charge in [-0.25, -0.2) is 4.57 Å². The van der Waals surface area contributed by atoms with Crippen LogP contribution in [-0.2, 0) is 42.2 Å². The van der Waals surface area contributed by atoms with E-state index in [4.69, 9.17) is 23.3 Å². The first-order chi connectivity index (χ1) is 34.2. The molecule has 0 aromatic rings. The molecule has 0 heterocycles. The Kier molecular flexibility index (Phi) is 50.8. The van der Waals surface area contributed by atoms with E-state index in [1.165, 1.54) is 89.9 Å². The topological polar surface area (TPSA) is 155 Å². The monoisotopic (exact) mass is 1010 g/mol. The van der Waals surface area contributed by atoms with Gasteiger partial charge in [-0.15, -0.1) is 0 Å². The van der Waals surface area contributed by atoms with Crippen LogP contribution in [0.1, 0.15) is 265 Å². The van der Waals surface area contributed by atoms with Crippen LogP contribution < -0.4 is 0 Å². The molecule has 0 rings (SSSR count). The van der Waals surface area contributed by atoms with Crippen molar-refractivity contribution in [2.75, 3.05) is 26.4 Å². The second-order valence-corrected chi connectivity index (χ2v) is 20.5. The number of aliphatic hydroxyl groups is 1. The van der Waals surface area contributed by atoms with Crippen molar-refractivity contribution in [3.63, 3.8) is 0 Å². The Hall–Kier alpha value is -2.56. The lowest BCUT2D eigenvalue weighted by molar-refractivity contribution is -0.161. The van der Waals surface area contributed by atoms with E-state index in [0.717, 1.165) is 116 Å². The van der Waals surface area contributed by atoms with Crippen molar-refractivity contribution in [1.29, 1.82) is 0 Å². The summed E-state index contributed by atoms with van der Waals surface area (Å²) in [7, 11) is -4.75. The Balaban J connectivity index is 4.75. The van der Waals surface area contributed by atoms with Crippen molar-refractivity contribution in [3.8, 4) is 0 Å². The number of esters is 3.